The summed E-state index contributed by atoms with van der Waals surface area (Å²) in [6.07, 6.45) is 1.87. The molecule has 0 amide bonds. The Bertz CT molecular complexity index is 484. The highest BCUT2D eigenvalue weighted by molar-refractivity contribution is 7.98. The summed E-state index contributed by atoms with van der Waals surface area (Å²) in [4.78, 5) is 16.5. The molecule has 0 unspecified atom stereocenters. The Labute approximate surface area is 117 Å². The molecule has 1 heterocycles. The molecule has 0 saturated carbocycles. The first-order valence-electron chi connectivity index (χ1n) is 6.08. The van der Waals surface area contributed by atoms with Crippen molar-refractivity contribution in [2.45, 2.75) is 30.9 Å². The van der Waals surface area contributed by atoms with Crippen molar-refractivity contribution in [2.24, 2.45) is 4.99 Å². The number of ether oxygens (including phenoxy) is 2. The molecule has 0 N–H and O–H groups in total. The third kappa shape index (κ3) is 3.50. The minimum atomic E-state index is -0.295. The maximum Gasteiger partial charge on any atom is 0.302 e. The number of thioether (sulfide) groups is 1. The van der Waals surface area contributed by atoms with Crippen LogP contribution in [-0.4, -0.2) is 30.8 Å². The van der Waals surface area contributed by atoms with Gasteiger partial charge in [-0.2, -0.15) is 0 Å². The van der Waals surface area contributed by atoms with Gasteiger partial charge in [-0.25, -0.2) is 4.99 Å². The molecule has 2 atom stereocenters. The molecule has 0 fully saturated rings. The number of rotatable bonds is 4. The Balaban J connectivity index is 2.10. The van der Waals surface area contributed by atoms with E-state index in [2.05, 4.69) is 17.1 Å². The molecule has 0 aliphatic carbocycles. The topological polar surface area (TPSA) is 47.9 Å². The molecule has 1 aliphatic rings. The van der Waals surface area contributed by atoms with E-state index in [-0.39, 0.29) is 24.7 Å². The summed E-state index contributed by atoms with van der Waals surface area (Å²) in [5.41, 5.74) is 1.05. The second-order valence-electron chi connectivity index (χ2n) is 4.33. The van der Waals surface area contributed by atoms with Crippen LogP contribution in [0.2, 0.25) is 0 Å². The van der Waals surface area contributed by atoms with E-state index in [1.807, 2.05) is 25.3 Å². The molecule has 1 aromatic rings. The quantitative estimate of drug-likeness (QED) is 0.628. The van der Waals surface area contributed by atoms with Gasteiger partial charge in [0.1, 0.15) is 12.6 Å². The molecule has 0 saturated heterocycles. The smallest absolute Gasteiger partial charge is 0.302 e. The van der Waals surface area contributed by atoms with Crippen LogP contribution < -0.4 is 0 Å². The molecule has 102 valence electrons. The molecular formula is C14H17NO3S. The number of carbonyl (C=O) groups is 1. The van der Waals surface area contributed by atoms with Gasteiger partial charge in [-0.05, 0) is 24.0 Å². The fraction of sp³-hybridized carbons (Fsp3) is 0.429. The third-order valence-electron chi connectivity index (χ3n) is 2.90. The van der Waals surface area contributed by atoms with Crippen LogP contribution in [0.15, 0.2) is 34.2 Å². The number of esters is 1. The van der Waals surface area contributed by atoms with E-state index >= 15 is 0 Å². The van der Waals surface area contributed by atoms with Crippen LogP contribution in [0.1, 0.15) is 25.5 Å². The van der Waals surface area contributed by atoms with Crippen LogP contribution in [0.4, 0.5) is 0 Å². The molecule has 2 rings (SSSR count). The summed E-state index contributed by atoms with van der Waals surface area (Å²) in [7, 11) is 0. The number of benzene rings is 1. The van der Waals surface area contributed by atoms with E-state index in [1.54, 1.807) is 11.8 Å². The summed E-state index contributed by atoms with van der Waals surface area (Å²) in [5.74, 6) is 0.340. The molecule has 0 aromatic heterocycles. The van der Waals surface area contributed by atoms with Crippen LogP contribution in [0.5, 0.6) is 0 Å². The highest BCUT2D eigenvalue weighted by Gasteiger charge is 2.31. The first kappa shape index (κ1) is 13.9. The Hall–Kier alpha value is -1.49. The Morgan fingerprint density at radius 1 is 1.42 bits per heavy atom. The maximum absolute atomic E-state index is 10.9. The van der Waals surface area contributed by atoms with Crippen LogP contribution in [0, 0.1) is 0 Å². The molecular weight excluding hydrogens is 262 g/mol. The standard InChI is InChI=1S/C14H17NO3S/c1-9-15-13(8-17-10(2)16)14(18-9)11-4-6-12(19-3)7-5-11/h4-7,13-14H,8H2,1-3H3/t13-,14-/m1/s1. The van der Waals surface area contributed by atoms with Crippen molar-refractivity contribution < 1.29 is 14.3 Å². The van der Waals surface area contributed by atoms with Crippen molar-refractivity contribution in [3.63, 3.8) is 0 Å². The highest BCUT2D eigenvalue weighted by Crippen LogP contribution is 2.30. The normalized spacial score (nSPS) is 21.7. The second kappa shape index (κ2) is 6.10. The fourth-order valence-corrected chi connectivity index (χ4v) is 2.41. The van der Waals surface area contributed by atoms with Gasteiger partial charge in [-0.15, -0.1) is 11.8 Å². The van der Waals surface area contributed by atoms with Gasteiger partial charge in [0.15, 0.2) is 12.0 Å². The minimum Gasteiger partial charge on any atom is -0.471 e. The summed E-state index contributed by atoms with van der Waals surface area (Å²) < 4.78 is 10.8. The average molecular weight is 279 g/mol. The molecule has 4 nitrogen and oxygen atoms in total. The van der Waals surface area contributed by atoms with Crippen LogP contribution >= 0.6 is 11.8 Å². The first-order chi connectivity index (χ1) is 9.10. The largest absolute Gasteiger partial charge is 0.471 e. The average Bonchev–Trinajstić information content (AvgIpc) is 2.78. The number of aliphatic imine (C=N–C) groups is 1. The summed E-state index contributed by atoms with van der Waals surface area (Å²) in [5, 5.41) is 0. The lowest BCUT2D eigenvalue weighted by Gasteiger charge is -2.17. The van der Waals surface area contributed by atoms with Crippen molar-refractivity contribution in [3.05, 3.63) is 29.8 Å². The van der Waals surface area contributed by atoms with Gasteiger partial charge < -0.3 is 9.47 Å². The zero-order valence-corrected chi connectivity index (χ0v) is 12.1. The SMILES string of the molecule is CSc1ccc([C@H]2OC(C)=N[C@@H]2COC(C)=O)cc1. The van der Waals surface area contributed by atoms with Crippen molar-refractivity contribution in [1.82, 2.24) is 0 Å². The predicted molar refractivity (Wildman–Crippen MR) is 75.6 cm³/mol. The van der Waals surface area contributed by atoms with Crippen LogP contribution in [-0.2, 0) is 14.3 Å². The van der Waals surface area contributed by atoms with E-state index in [4.69, 9.17) is 9.47 Å². The fourth-order valence-electron chi connectivity index (χ4n) is 2.01. The van der Waals surface area contributed by atoms with Crippen molar-refractivity contribution in [1.29, 1.82) is 0 Å². The molecule has 0 radical (unpaired) electrons. The third-order valence-corrected chi connectivity index (χ3v) is 3.64. The lowest BCUT2D eigenvalue weighted by molar-refractivity contribution is -0.141. The zero-order valence-electron chi connectivity index (χ0n) is 11.3. The molecule has 0 spiro atoms. The monoisotopic (exact) mass is 279 g/mol. The summed E-state index contributed by atoms with van der Waals surface area (Å²) in [6.45, 7) is 3.47. The van der Waals surface area contributed by atoms with Gasteiger partial charge in [-0.1, -0.05) is 12.1 Å². The molecule has 1 aromatic carbocycles. The van der Waals surface area contributed by atoms with Gasteiger partial charge in [-0.3, -0.25) is 4.79 Å². The number of hydrogen-bond donors (Lipinski definition) is 0. The van der Waals surface area contributed by atoms with E-state index in [1.165, 1.54) is 11.8 Å². The minimum absolute atomic E-state index is 0.163. The van der Waals surface area contributed by atoms with Crippen molar-refractivity contribution in [2.75, 3.05) is 12.9 Å². The van der Waals surface area contributed by atoms with Gasteiger partial charge >= 0.3 is 5.97 Å². The second-order valence-corrected chi connectivity index (χ2v) is 5.21. The number of hydrogen-bond acceptors (Lipinski definition) is 5. The van der Waals surface area contributed by atoms with Crippen molar-refractivity contribution in [3.8, 4) is 0 Å². The van der Waals surface area contributed by atoms with Gasteiger partial charge in [0.25, 0.3) is 0 Å². The number of nitrogens with zero attached hydrogens (tertiary/aromatic N) is 1. The Kier molecular flexibility index (Phi) is 4.47. The lowest BCUT2D eigenvalue weighted by Crippen LogP contribution is -2.21. The number of carbonyl (C=O) groups excluding carboxylic acids is 1. The zero-order chi connectivity index (χ0) is 13.8. The summed E-state index contributed by atoms with van der Waals surface area (Å²) in [6, 6.07) is 8.01. The predicted octanol–water partition coefficient (Wildman–Crippen LogP) is 2.83. The van der Waals surface area contributed by atoms with E-state index in [0.29, 0.717) is 5.90 Å². The van der Waals surface area contributed by atoms with Crippen LogP contribution in [0.3, 0.4) is 0 Å². The van der Waals surface area contributed by atoms with Gasteiger partial charge in [0.2, 0.25) is 0 Å². The molecule has 5 heteroatoms. The maximum atomic E-state index is 10.9. The highest BCUT2D eigenvalue weighted by atomic mass is 32.2. The molecule has 0 bridgehead atoms. The van der Waals surface area contributed by atoms with Crippen molar-refractivity contribution >= 4 is 23.6 Å². The first-order valence-corrected chi connectivity index (χ1v) is 7.31. The van der Waals surface area contributed by atoms with Gasteiger partial charge in [0, 0.05) is 18.7 Å². The van der Waals surface area contributed by atoms with Gasteiger partial charge in [0.05, 0.1) is 0 Å². The Morgan fingerprint density at radius 2 is 2.11 bits per heavy atom. The van der Waals surface area contributed by atoms with Crippen LogP contribution in [0.25, 0.3) is 0 Å². The van der Waals surface area contributed by atoms with E-state index < -0.39 is 0 Å². The lowest BCUT2D eigenvalue weighted by atomic mass is 10.0. The summed E-state index contributed by atoms with van der Waals surface area (Å²) >= 11 is 1.70. The Morgan fingerprint density at radius 3 is 2.68 bits per heavy atom. The molecule has 1 aliphatic heterocycles. The van der Waals surface area contributed by atoms with E-state index in [9.17, 15) is 4.79 Å². The molecule has 19 heavy (non-hydrogen) atoms. The van der Waals surface area contributed by atoms with E-state index in [0.717, 1.165) is 5.56 Å².